The molecule has 0 unspecified atom stereocenters. The maximum atomic E-state index is 12.3. The summed E-state index contributed by atoms with van der Waals surface area (Å²) in [5, 5.41) is 9.43. The van der Waals surface area contributed by atoms with Crippen molar-refractivity contribution in [2.75, 3.05) is 0 Å². The van der Waals surface area contributed by atoms with Crippen LogP contribution >= 0.6 is 0 Å². The van der Waals surface area contributed by atoms with Gasteiger partial charge in [0, 0.05) is 5.56 Å². The molecule has 0 fully saturated rings. The van der Waals surface area contributed by atoms with Gasteiger partial charge in [0.05, 0.1) is 0 Å². The predicted molar refractivity (Wildman–Crippen MR) is 103 cm³/mol. The number of carbonyl (C=O) groups excluding carboxylic acids is 1. The molecule has 3 nitrogen and oxygen atoms in total. The highest BCUT2D eigenvalue weighted by Gasteiger charge is 2.06. The fourth-order valence-electron chi connectivity index (χ4n) is 2.60. The van der Waals surface area contributed by atoms with Crippen molar-refractivity contribution >= 4 is 11.9 Å². The van der Waals surface area contributed by atoms with Crippen molar-refractivity contribution in [1.29, 1.82) is 0 Å². The standard InChI is InChI=1S/C23H20O3/c1-17-15-20(24)10-13-22(17)23(25)14-9-18-7-11-21(12-8-18)26-16-19-5-3-2-4-6-19/h2-15,24H,16H2,1H3. The van der Waals surface area contributed by atoms with Gasteiger partial charge >= 0.3 is 0 Å². The van der Waals surface area contributed by atoms with Crippen molar-refractivity contribution in [1.82, 2.24) is 0 Å². The molecular weight excluding hydrogens is 324 g/mol. The van der Waals surface area contributed by atoms with Gasteiger partial charge in [-0.3, -0.25) is 4.79 Å². The highest BCUT2D eigenvalue weighted by atomic mass is 16.5. The molecule has 1 N–H and O–H groups in total. The van der Waals surface area contributed by atoms with Gasteiger partial charge in [0.1, 0.15) is 18.1 Å². The lowest BCUT2D eigenvalue weighted by Crippen LogP contribution is -1.97. The first-order chi connectivity index (χ1) is 12.6. The van der Waals surface area contributed by atoms with E-state index in [2.05, 4.69) is 0 Å². The van der Waals surface area contributed by atoms with Crippen molar-refractivity contribution in [2.24, 2.45) is 0 Å². The van der Waals surface area contributed by atoms with Gasteiger partial charge in [0.25, 0.3) is 0 Å². The lowest BCUT2D eigenvalue weighted by atomic mass is 10.0. The first-order valence-corrected chi connectivity index (χ1v) is 8.40. The van der Waals surface area contributed by atoms with Crippen molar-refractivity contribution in [3.8, 4) is 11.5 Å². The summed E-state index contributed by atoms with van der Waals surface area (Å²) in [4.78, 5) is 12.3. The molecule has 3 heteroatoms. The molecule has 130 valence electrons. The third-order valence-electron chi connectivity index (χ3n) is 4.03. The average molecular weight is 344 g/mol. The van der Waals surface area contributed by atoms with Crippen LogP contribution in [0.3, 0.4) is 0 Å². The first-order valence-electron chi connectivity index (χ1n) is 8.40. The summed E-state index contributed by atoms with van der Waals surface area (Å²) < 4.78 is 5.75. The van der Waals surface area contributed by atoms with Gasteiger partial charge < -0.3 is 9.84 Å². The van der Waals surface area contributed by atoms with Gasteiger partial charge in [-0.1, -0.05) is 48.5 Å². The lowest BCUT2D eigenvalue weighted by Gasteiger charge is -2.06. The van der Waals surface area contributed by atoms with Crippen LogP contribution in [0.5, 0.6) is 11.5 Å². The van der Waals surface area contributed by atoms with Crippen molar-refractivity contribution in [3.63, 3.8) is 0 Å². The second kappa shape index (κ2) is 8.17. The van der Waals surface area contributed by atoms with Crippen LogP contribution in [0.25, 0.3) is 6.08 Å². The SMILES string of the molecule is Cc1cc(O)ccc1C(=O)C=Cc1ccc(OCc2ccccc2)cc1. The van der Waals surface area contributed by atoms with E-state index in [-0.39, 0.29) is 11.5 Å². The quantitative estimate of drug-likeness (QED) is 0.495. The molecule has 0 saturated heterocycles. The van der Waals surface area contributed by atoms with E-state index in [0.29, 0.717) is 12.2 Å². The summed E-state index contributed by atoms with van der Waals surface area (Å²) in [6, 6.07) is 22.3. The Morgan fingerprint density at radius 3 is 2.42 bits per heavy atom. The Morgan fingerprint density at radius 2 is 1.73 bits per heavy atom. The summed E-state index contributed by atoms with van der Waals surface area (Å²) in [5.74, 6) is 0.854. The van der Waals surface area contributed by atoms with E-state index in [4.69, 9.17) is 4.74 Å². The highest BCUT2D eigenvalue weighted by Crippen LogP contribution is 2.18. The summed E-state index contributed by atoms with van der Waals surface area (Å²) in [6.45, 7) is 2.33. The largest absolute Gasteiger partial charge is 0.508 e. The smallest absolute Gasteiger partial charge is 0.186 e. The Labute approximate surface area is 153 Å². The normalized spacial score (nSPS) is 10.8. The zero-order chi connectivity index (χ0) is 18.4. The molecule has 0 aromatic heterocycles. The number of phenols is 1. The van der Waals surface area contributed by atoms with Crippen LogP contribution < -0.4 is 4.74 Å². The minimum Gasteiger partial charge on any atom is -0.508 e. The number of phenolic OH excluding ortho intramolecular Hbond substituents is 1. The van der Waals surface area contributed by atoms with E-state index in [1.807, 2.05) is 54.6 Å². The van der Waals surface area contributed by atoms with E-state index >= 15 is 0 Å². The van der Waals surface area contributed by atoms with Gasteiger partial charge in [-0.15, -0.1) is 0 Å². The zero-order valence-electron chi connectivity index (χ0n) is 14.6. The molecular formula is C23H20O3. The molecule has 0 atom stereocenters. The molecule has 0 spiro atoms. The highest BCUT2D eigenvalue weighted by molar-refractivity contribution is 6.07. The molecule has 0 heterocycles. The van der Waals surface area contributed by atoms with Crippen LogP contribution in [0.2, 0.25) is 0 Å². The number of hydrogen-bond acceptors (Lipinski definition) is 3. The van der Waals surface area contributed by atoms with Crippen molar-refractivity contribution < 1.29 is 14.6 Å². The molecule has 0 amide bonds. The van der Waals surface area contributed by atoms with E-state index in [1.54, 1.807) is 31.2 Å². The minimum atomic E-state index is -0.0908. The number of hydrogen-bond donors (Lipinski definition) is 1. The first kappa shape index (κ1) is 17.5. The van der Waals surface area contributed by atoms with Gasteiger partial charge in [0.15, 0.2) is 5.78 Å². The summed E-state index contributed by atoms with van der Waals surface area (Å²) in [5.41, 5.74) is 3.37. The Hall–Kier alpha value is -3.33. The number of ether oxygens (including phenoxy) is 1. The molecule has 0 aliphatic heterocycles. The topological polar surface area (TPSA) is 46.5 Å². The molecule has 0 bridgehead atoms. The monoisotopic (exact) mass is 344 g/mol. The maximum absolute atomic E-state index is 12.3. The number of aromatic hydroxyl groups is 1. The molecule has 3 aromatic carbocycles. The number of rotatable bonds is 6. The third-order valence-corrected chi connectivity index (χ3v) is 4.03. The number of ketones is 1. The summed E-state index contributed by atoms with van der Waals surface area (Å²) in [7, 11) is 0. The van der Waals surface area contributed by atoms with Crippen LogP contribution in [-0.4, -0.2) is 10.9 Å². The van der Waals surface area contributed by atoms with E-state index in [1.165, 1.54) is 6.07 Å². The Kier molecular flexibility index (Phi) is 5.49. The number of aryl methyl sites for hydroxylation is 1. The molecule has 0 aliphatic rings. The van der Waals surface area contributed by atoms with E-state index in [0.717, 1.165) is 22.4 Å². The van der Waals surface area contributed by atoms with Crippen LogP contribution in [0, 0.1) is 6.92 Å². The maximum Gasteiger partial charge on any atom is 0.186 e. The molecule has 3 aromatic rings. The van der Waals surface area contributed by atoms with Crippen LogP contribution in [0.1, 0.15) is 27.0 Å². The van der Waals surface area contributed by atoms with Gasteiger partial charge in [-0.25, -0.2) is 0 Å². The van der Waals surface area contributed by atoms with Crippen molar-refractivity contribution in [2.45, 2.75) is 13.5 Å². The number of carbonyl (C=O) groups is 1. The van der Waals surface area contributed by atoms with E-state index < -0.39 is 0 Å². The fourth-order valence-corrected chi connectivity index (χ4v) is 2.60. The minimum absolute atomic E-state index is 0.0908. The fraction of sp³-hybridized carbons (Fsp3) is 0.0870. The molecule has 0 aliphatic carbocycles. The average Bonchev–Trinajstić information content (AvgIpc) is 2.66. The van der Waals surface area contributed by atoms with Gasteiger partial charge in [-0.05, 0) is 60.0 Å². The number of benzene rings is 3. The molecule has 26 heavy (non-hydrogen) atoms. The van der Waals surface area contributed by atoms with Gasteiger partial charge in [0.2, 0.25) is 0 Å². The van der Waals surface area contributed by atoms with Gasteiger partial charge in [-0.2, -0.15) is 0 Å². The predicted octanol–water partition coefficient (Wildman–Crippen LogP) is 5.18. The molecule has 3 rings (SSSR count). The Morgan fingerprint density at radius 1 is 1.00 bits per heavy atom. The van der Waals surface area contributed by atoms with Crippen molar-refractivity contribution in [3.05, 3.63) is 101 Å². The van der Waals surface area contributed by atoms with Crippen LogP contribution in [0.15, 0.2) is 78.9 Å². The summed E-state index contributed by atoms with van der Waals surface area (Å²) in [6.07, 6.45) is 3.31. The lowest BCUT2D eigenvalue weighted by molar-refractivity contribution is 0.104. The Balaban J connectivity index is 1.61. The number of allylic oxidation sites excluding steroid dienone is 1. The Bertz CT molecular complexity index is 910. The molecule has 0 radical (unpaired) electrons. The second-order valence-corrected chi connectivity index (χ2v) is 6.04. The van der Waals surface area contributed by atoms with E-state index in [9.17, 15) is 9.90 Å². The third kappa shape index (κ3) is 4.61. The summed E-state index contributed by atoms with van der Waals surface area (Å²) >= 11 is 0. The molecule has 0 saturated carbocycles. The van der Waals surface area contributed by atoms with Crippen LogP contribution in [0.4, 0.5) is 0 Å². The zero-order valence-corrected chi connectivity index (χ0v) is 14.6. The second-order valence-electron chi connectivity index (χ2n) is 6.04. The van der Waals surface area contributed by atoms with Crippen LogP contribution in [-0.2, 0) is 6.61 Å².